The Balaban J connectivity index is 0.00000240. The van der Waals surface area contributed by atoms with Gasteiger partial charge in [0.15, 0.2) is 11.8 Å². The molecule has 4 heterocycles. The van der Waals surface area contributed by atoms with E-state index in [1.807, 2.05) is 23.8 Å². The zero-order valence-electron chi connectivity index (χ0n) is 17.7. The zero-order chi connectivity index (χ0) is 19.6. The number of likely N-dealkylation sites (tertiary alicyclic amines) is 1. The number of nitrogens with one attached hydrogen (secondary N) is 1. The molecule has 0 amide bonds. The summed E-state index contributed by atoms with van der Waals surface area (Å²) < 4.78 is 1.93. The van der Waals surface area contributed by atoms with E-state index in [9.17, 15) is 0 Å². The molecule has 29 heavy (non-hydrogen) atoms. The predicted molar refractivity (Wildman–Crippen MR) is 127 cm³/mol. The number of guanidine groups is 1. The van der Waals surface area contributed by atoms with Crippen LogP contribution < -0.4 is 10.2 Å². The highest BCUT2D eigenvalue weighted by atomic mass is 127. The minimum Gasteiger partial charge on any atom is -0.356 e. The number of aliphatic imine (C=N–C) groups is 1. The molecule has 0 spiro atoms. The first-order valence-electron chi connectivity index (χ1n) is 10.5. The van der Waals surface area contributed by atoms with E-state index in [-0.39, 0.29) is 24.0 Å². The molecule has 8 nitrogen and oxygen atoms in total. The third-order valence-electron chi connectivity index (χ3n) is 6.49. The first kappa shape index (κ1) is 22.0. The largest absolute Gasteiger partial charge is 0.356 e. The second-order valence-electron chi connectivity index (χ2n) is 8.53. The van der Waals surface area contributed by atoms with Gasteiger partial charge in [0.1, 0.15) is 6.33 Å². The molecule has 160 valence electrons. The van der Waals surface area contributed by atoms with Gasteiger partial charge >= 0.3 is 0 Å². The molecule has 2 aliphatic rings. The molecule has 2 atom stereocenters. The number of anilines is 1. The van der Waals surface area contributed by atoms with Crippen molar-refractivity contribution < 1.29 is 0 Å². The van der Waals surface area contributed by atoms with Gasteiger partial charge in [-0.3, -0.25) is 9.39 Å². The fourth-order valence-corrected chi connectivity index (χ4v) is 4.45. The van der Waals surface area contributed by atoms with Gasteiger partial charge in [0.2, 0.25) is 5.65 Å². The third-order valence-corrected chi connectivity index (χ3v) is 6.49. The van der Waals surface area contributed by atoms with Crippen molar-refractivity contribution in [3.63, 3.8) is 0 Å². The van der Waals surface area contributed by atoms with Crippen molar-refractivity contribution in [2.75, 3.05) is 44.7 Å². The third kappa shape index (κ3) is 4.75. The summed E-state index contributed by atoms with van der Waals surface area (Å²) in [6.45, 7) is 9.82. The van der Waals surface area contributed by atoms with Gasteiger partial charge in [0, 0.05) is 52.2 Å². The topological polar surface area (TPSA) is 74.0 Å². The van der Waals surface area contributed by atoms with Crippen LogP contribution in [0.4, 0.5) is 5.82 Å². The second-order valence-corrected chi connectivity index (χ2v) is 8.53. The van der Waals surface area contributed by atoms with Gasteiger partial charge in [0.25, 0.3) is 0 Å². The van der Waals surface area contributed by atoms with Crippen LogP contribution in [-0.2, 0) is 0 Å². The van der Waals surface area contributed by atoms with Crippen LogP contribution in [0.3, 0.4) is 0 Å². The molecule has 0 bridgehead atoms. The summed E-state index contributed by atoms with van der Waals surface area (Å²) in [5.74, 6) is 2.55. The lowest BCUT2D eigenvalue weighted by Crippen LogP contribution is -2.46. The summed E-state index contributed by atoms with van der Waals surface area (Å²) in [4.78, 5) is 13.9. The monoisotopic (exact) mass is 512 g/mol. The summed E-state index contributed by atoms with van der Waals surface area (Å²) in [5, 5.41) is 11.9. The summed E-state index contributed by atoms with van der Waals surface area (Å²) in [6.07, 6.45) is 10.3. The van der Waals surface area contributed by atoms with E-state index in [0.29, 0.717) is 11.3 Å². The van der Waals surface area contributed by atoms with Crippen LogP contribution in [0.25, 0.3) is 5.65 Å². The van der Waals surface area contributed by atoms with Gasteiger partial charge in [-0.25, -0.2) is 4.98 Å². The van der Waals surface area contributed by atoms with E-state index in [4.69, 9.17) is 0 Å². The molecule has 2 fully saturated rings. The van der Waals surface area contributed by atoms with Crippen molar-refractivity contribution >= 4 is 41.4 Å². The molecule has 2 saturated heterocycles. The summed E-state index contributed by atoms with van der Waals surface area (Å²) in [6, 6.07) is 0. The van der Waals surface area contributed by atoms with Crippen molar-refractivity contribution in [1.29, 1.82) is 0 Å². The highest BCUT2D eigenvalue weighted by Crippen LogP contribution is 2.33. The summed E-state index contributed by atoms with van der Waals surface area (Å²) in [7, 11) is 1.90. The Hall–Kier alpha value is -1.65. The number of hydrogen-bond donors (Lipinski definition) is 1. The van der Waals surface area contributed by atoms with Crippen LogP contribution in [0.2, 0.25) is 0 Å². The first-order chi connectivity index (χ1) is 13.6. The highest BCUT2D eigenvalue weighted by molar-refractivity contribution is 14.0. The van der Waals surface area contributed by atoms with Crippen LogP contribution in [0.5, 0.6) is 0 Å². The molecule has 0 radical (unpaired) electrons. The molecule has 0 saturated carbocycles. The summed E-state index contributed by atoms with van der Waals surface area (Å²) in [5.41, 5.74) is 1.25. The first-order valence-corrected chi connectivity index (χ1v) is 10.5. The van der Waals surface area contributed by atoms with Crippen LogP contribution in [0.1, 0.15) is 39.5 Å². The van der Waals surface area contributed by atoms with Gasteiger partial charge in [-0.15, -0.1) is 34.2 Å². The summed E-state index contributed by atoms with van der Waals surface area (Å²) >= 11 is 0. The number of piperidine rings is 1. The fourth-order valence-electron chi connectivity index (χ4n) is 4.45. The van der Waals surface area contributed by atoms with Crippen LogP contribution >= 0.6 is 24.0 Å². The Morgan fingerprint density at radius 1 is 1.38 bits per heavy atom. The number of fused-ring (bicyclic) bond motifs is 1. The molecule has 2 aromatic heterocycles. The molecule has 2 aliphatic heterocycles. The fraction of sp³-hybridized carbons (Fsp3) is 0.700. The minimum atomic E-state index is 0. The maximum absolute atomic E-state index is 4.59. The Labute approximate surface area is 190 Å². The van der Waals surface area contributed by atoms with Gasteiger partial charge in [0.05, 0.1) is 0 Å². The molecular formula is C20H33IN8. The van der Waals surface area contributed by atoms with E-state index in [0.717, 1.165) is 50.1 Å². The Kier molecular flexibility index (Phi) is 7.18. The molecular weight excluding hydrogens is 479 g/mol. The van der Waals surface area contributed by atoms with Gasteiger partial charge in [-0.05, 0) is 37.0 Å². The quantitative estimate of drug-likeness (QED) is 0.386. The zero-order valence-corrected chi connectivity index (χ0v) is 20.0. The lowest BCUT2D eigenvalue weighted by molar-refractivity contribution is 0.320. The van der Waals surface area contributed by atoms with Gasteiger partial charge < -0.3 is 15.1 Å². The van der Waals surface area contributed by atoms with Crippen LogP contribution in [0, 0.1) is 11.3 Å². The molecule has 2 unspecified atom stereocenters. The minimum absolute atomic E-state index is 0. The average molecular weight is 512 g/mol. The lowest BCUT2D eigenvalue weighted by atomic mass is 9.87. The maximum atomic E-state index is 4.59. The molecule has 0 aromatic carbocycles. The predicted octanol–water partition coefficient (Wildman–Crippen LogP) is 2.66. The van der Waals surface area contributed by atoms with Crippen molar-refractivity contribution in [2.24, 2.45) is 16.3 Å². The van der Waals surface area contributed by atoms with E-state index in [1.54, 1.807) is 6.33 Å². The van der Waals surface area contributed by atoms with Crippen LogP contribution in [-0.4, -0.2) is 70.2 Å². The Morgan fingerprint density at radius 2 is 2.24 bits per heavy atom. The molecule has 9 heteroatoms. The maximum Gasteiger partial charge on any atom is 0.203 e. The highest BCUT2D eigenvalue weighted by Gasteiger charge is 2.33. The van der Waals surface area contributed by atoms with E-state index in [1.165, 1.54) is 25.7 Å². The normalized spacial score (nSPS) is 25.3. The second kappa shape index (κ2) is 9.44. The number of halogens is 1. The number of aromatic nitrogens is 4. The van der Waals surface area contributed by atoms with Crippen molar-refractivity contribution in [3.05, 3.63) is 18.7 Å². The van der Waals surface area contributed by atoms with Gasteiger partial charge in [-0.1, -0.05) is 13.8 Å². The molecule has 1 N–H and O–H groups in total. The molecule has 2 aromatic rings. The number of hydrogen-bond acceptors (Lipinski definition) is 5. The van der Waals surface area contributed by atoms with Crippen LogP contribution in [0.15, 0.2) is 23.7 Å². The van der Waals surface area contributed by atoms with Gasteiger partial charge in [-0.2, -0.15) is 0 Å². The molecule has 0 aliphatic carbocycles. The lowest BCUT2D eigenvalue weighted by Gasteiger charge is -2.34. The standard InChI is InChI=1S/C20H32N8.HI/c1-4-20(2)7-10-27(14-20)19(21-3)23-12-16-6-5-9-26(13-16)17-18-25-24-15-28(18)11-8-22-17;/h8,11,15-16H,4-7,9-10,12-14H2,1-3H3,(H,21,23);1H. The van der Waals surface area contributed by atoms with Crippen molar-refractivity contribution in [3.8, 4) is 0 Å². The Morgan fingerprint density at radius 3 is 3.00 bits per heavy atom. The number of nitrogens with zero attached hydrogens (tertiary/aromatic N) is 7. The van der Waals surface area contributed by atoms with E-state index >= 15 is 0 Å². The van der Waals surface area contributed by atoms with Crippen molar-refractivity contribution in [2.45, 2.75) is 39.5 Å². The number of rotatable bonds is 4. The SMILES string of the molecule is CCC1(C)CCN(C(=NC)NCC2CCCN(c3nccn4cnnc34)C2)C1.I. The Bertz CT molecular complexity index is 837. The smallest absolute Gasteiger partial charge is 0.203 e. The van der Waals surface area contributed by atoms with E-state index in [2.05, 4.69) is 49.1 Å². The van der Waals surface area contributed by atoms with E-state index < -0.39 is 0 Å². The van der Waals surface area contributed by atoms with Crippen molar-refractivity contribution in [1.82, 2.24) is 29.8 Å². The average Bonchev–Trinajstić information content (AvgIpc) is 3.36. The molecule has 4 rings (SSSR count).